The Hall–Kier alpha value is -1.25. The van der Waals surface area contributed by atoms with Crippen LogP contribution in [0.2, 0.25) is 0 Å². The molecule has 0 aromatic carbocycles. The molecule has 0 saturated heterocycles. The summed E-state index contributed by atoms with van der Waals surface area (Å²) in [7, 11) is 0. The van der Waals surface area contributed by atoms with Crippen molar-refractivity contribution in [3.8, 4) is 0 Å². The maximum absolute atomic E-state index is 10.9. The van der Waals surface area contributed by atoms with Gasteiger partial charge in [-0.05, 0) is 13.8 Å². The molecule has 0 N–H and O–H groups in total. The summed E-state index contributed by atoms with van der Waals surface area (Å²) in [6, 6.07) is 0. The second-order valence-corrected chi connectivity index (χ2v) is 2.41. The summed E-state index contributed by atoms with van der Waals surface area (Å²) >= 11 is 0. The maximum Gasteiger partial charge on any atom is 0.178 e. The number of allylic oxidation sites excluding steroid dienone is 1. The van der Waals surface area contributed by atoms with E-state index in [1.807, 2.05) is 0 Å². The maximum atomic E-state index is 10.9. The molecule has 12 heavy (non-hydrogen) atoms. The number of hydrogen-bond acceptors (Lipinski definition) is 3. The highest BCUT2D eigenvalue weighted by Gasteiger charge is 2.12. The van der Waals surface area contributed by atoms with Crippen LogP contribution in [0.15, 0.2) is 17.1 Å². The lowest BCUT2D eigenvalue weighted by Crippen LogP contribution is -2.17. The van der Waals surface area contributed by atoms with E-state index in [1.54, 1.807) is 6.92 Å². The smallest absolute Gasteiger partial charge is 0.178 e. The fourth-order valence-corrected chi connectivity index (χ4v) is 0.744. The lowest BCUT2D eigenvalue weighted by Gasteiger charge is -2.01. The van der Waals surface area contributed by atoms with Crippen LogP contribution in [-0.2, 0) is 9.59 Å². The van der Waals surface area contributed by atoms with E-state index in [4.69, 9.17) is 0 Å². The molecular weight excluding hydrogens is 154 g/mol. The largest absolute Gasteiger partial charge is 0.294 e. The minimum atomic E-state index is -0.211. The van der Waals surface area contributed by atoms with Crippen molar-refractivity contribution in [2.45, 2.75) is 20.8 Å². The normalized spacial score (nSPS) is 11.1. The van der Waals surface area contributed by atoms with Crippen LogP contribution in [0, 0.1) is 0 Å². The fourth-order valence-electron chi connectivity index (χ4n) is 0.744. The zero-order valence-electron chi connectivity index (χ0n) is 7.68. The van der Waals surface area contributed by atoms with Crippen LogP contribution in [0.1, 0.15) is 20.8 Å². The molecule has 0 aliphatic carbocycles. The molecule has 0 saturated carbocycles. The van der Waals surface area contributed by atoms with Crippen molar-refractivity contribution in [3.63, 3.8) is 0 Å². The van der Waals surface area contributed by atoms with Gasteiger partial charge < -0.3 is 0 Å². The van der Waals surface area contributed by atoms with Gasteiger partial charge in [-0.3, -0.25) is 14.6 Å². The Kier molecular flexibility index (Phi) is 4.11. The van der Waals surface area contributed by atoms with Gasteiger partial charge in [0, 0.05) is 19.0 Å². The molecule has 0 amide bonds. The minimum absolute atomic E-state index is 0.198. The van der Waals surface area contributed by atoms with Gasteiger partial charge in [0.1, 0.15) is 5.71 Å². The van der Waals surface area contributed by atoms with Crippen LogP contribution in [0.5, 0.6) is 0 Å². The number of nitrogens with zero attached hydrogens (tertiary/aromatic N) is 1. The van der Waals surface area contributed by atoms with E-state index >= 15 is 0 Å². The fraction of sp³-hybridized carbons (Fsp3) is 0.444. The van der Waals surface area contributed by atoms with Crippen molar-refractivity contribution in [2.75, 3.05) is 6.54 Å². The third kappa shape index (κ3) is 2.78. The second kappa shape index (κ2) is 4.59. The Labute approximate surface area is 72.2 Å². The summed E-state index contributed by atoms with van der Waals surface area (Å²) in [4.78, 5) is 25.7. The van der Waals surface area contributed by atoms with E-state index < -0.39 is 0 Å². The predicted molar refractivity (Wildman–Crippen MR) is 48.5 cm³/mol. The molecule has 0 spiro atoms. The van der Waals surface area contributed by atoms with E-state index in [9.17, 15) is 9.59 Å². The van der Waals surface area contributed by atoms with E-state index in [2.05, 4.69) is 11.6 Å². The third-order valence-electron chi connectivity index (χ3n) is 1.36. The molecule has 0 aliphatic heterocycles. The Balaban J connectivity index is 4.77. The molecule has 0 aliphatic rings. The molecule has 3 nitrogen and oxygen atoms in total. The lowest BCUT2D eigenvalue weighted by molar-refractivity contribution is -0.114. The molecule has 66 valence electrons. The van der Waals surface area contributed by atoms with E-state index in [1.165, 1.54) is 13.8 Å². The average molecular weight is 167 g/mol. The molecule has 0 aromatic heterocycles. The van der Waals surface area contributed by atoms with Gasteiger partial charge in [-0.15, -0.1) is 0 Å². The first-order valence-corrected chi connectivity index (χ1v) is 3.76. The summed E-state index contributed by atoms with van der Waals surface area (Å²) in [6.07, 6.45) is 0. The minimum Gasteiger partial charge on any atom is -0.294 e. The molecule has 0 fully saturated rings. The van der Waals surface area contributed by atoms with Crippen molar-refractivity contribution < 1.29 is 9.59 Å². The third-order valence-corrected chi connectivity index (χ3v) is 1.36. The molecule has 0 rings (SSSR count). The number of carbonyl (C=O) groups is 2. The van der Waals surface area contributed by atoms with Crippen molar-refractivity contribution in [1.82, 2.24) is 0 Å². The highest BCUT2D eigenvalue weighted by Crippen LogP contribution is 1.98. The van der Waals surface area contributed by atoms with Gasteiger partial charge >= 0.3 is 0 Å². The van der Waals surface area contributed by atoms with Gasteiger partial charge in [-0.2, -0.15) is 0 Å². The number of hydrogen-bond donors (Lipinski definition) is 0. The van der Waals surface area contributed by atoms with Crippen LogP contribution < -0.4 is 0 Å². The van der Waals surface area contributed by atoms with Gasteiger partial charge in [0.05, 0.1) is 0 Å². The van der Waals surface area contributed by atoms with Crippen LogP contribution in [0.25, 0.3) is 0 Å². The SMILES string of the molecule is C=C(C(C)=O)C(=NCC)C(C)=O. The average Bonchev–Trinajstić information content (AvgIpc) is 1.98. The zero-order valence-corrected chi connectivity index (χ0v) is 7.68. The zero-order chi connectivity index (χ0) is 9.72. The number of Topliss-reactive ketones (excluding diaryl/α,β-unsaturated/α-hetero) is 2. The van der Waals surface area contributed by atoms with Crippen molar-refractivity contribution >= 4 is 17.3 Å². The number of ketones is 2. The summed E-state index contributed by atoms with van der Waals surface area (Å²) in [6.45, 7) is 8.53. The van der Waals surface area contributed by atoms with Crippen LogP contribution in [-0.4, -0.2) is 23.8 Å². The highest BCUT2D eigenvalue weighted by molar-refractivity contribution is 6.51. The quantitative estimate of drug-likeness (QED) is 0.466. The first-order chi connectivity index (χ1) is 5.50. The predicted octanol–water partition coefficient (Wildman–Crippen LogP) is 1.18. The van der Waals surface area contributed by atoms with E-state index in [0.29, 0.717) is 6.54 Å². The summed E-state index contributed by atoms with van der Waals surface area (Å²) < 4.78 is 0. The molecule has 0 atom stereocenters. The molecule has 3 heteroatoms. The van der Waals surface area contributed by atoms with Crippen LogP contribution in [0.4, 0.5) is 0 Å². The van der Waals surface area contributed by atoms with Gasteiger partial charge in [-0.1, -0.05) is 6.58 Å². The van der Waals surface area contributed by atoms with Crippen LogP contribution >= 0.6 is 0 Å². The Morgan fingerprint density at radius 3 is 2.00 bits per heavy atom. The first kappa shape index (κ1) is 10.8. The molecule has 0 bridgehead atoms. The molecule has 0 radical (unpaired) electrons. The summed E-state index contributed by atoms with van der Waals surface area (Å²) in [5, 5.41) is 0. The van der Waals surface area contributed by atoms with Gasteiger partial charge in [-0.25, -0.2) is 0 Å². The van der Waals surface area contributed by atoms with Crippen molar-refractivity contribution in [2.24, 2.45) is 4.99 Å². The Morgan fingerprint density at radius 2 is 1.75 bits per heavy atom. The summed E-state index contributed by atoms with van der Waals surface area (Å²) in [5.74, 6) is -0.422. The number of carbonyl (C=O) groups excluding carboxylic acids is 2. The summed E-state index contributed by atoms with van der Waals surface area (Å²) in [5.41, 5.74) is 0.398. The number of rotatable bonds is 4. The van der Waals surface area contributed by atoms with E-state index in [-0.39, 0.29) is 22.9 Å². The van der Waals surface area contributed by atoms with Gasteiger partial charge in [0.25, 0.3) is 0 Å². The Bertz CT molecular complexity index is 251. The van der Waals surface area contributed by atoms with Crippen molar-refractivity contribution in [3.05, 3.63) is 12.2 Å². The first-order valence-electron chi connectivity index (χ1n) is 3.76. The van der Waals surface area contributed by atoms with Gasteiger partial charge in [0.15, 0.2) is 11.6 Å². The van der Waals surface area contributed by atoms with E-state index in [0.717, 1.165) is 0 Å². The van der Waals surface area contributed by atoms with Crippen molar-refractivity contribution in [1.29, 1.82) is 0 Å². The second-order valence-electron chi connectivity index (χ2n) is 2.41. The topological polar surface area (TPSA) is 46.5 Å². The molecular formula is C9H13NO2. The lowest BCUT2D eigenvalue weighted by atomic mass is 10.1. The number of aliphatic imine (C=N–C) groups is 1. The van der Waals surface area contributed by atoms with Gasteiger partial charge in [0.2, 0.25) is 0 Å². The Morgan fingerprint density at radius 1 is 1.25 bits per heavy atom. The highest BCUT2D eigenvalue weighted by atomic mass is 16.1. The molecule has 0 aromatic rings. The molecule has 0 unspecified atom stereocenters. The molecule has 0 heterocycles. The standard InChI is InChI=1S/C9H13NO2/c1-5-10-9(8(4)12)6(2)7(3)11/h2,5H2,1,3-4H3. The monoisotopic (exact) mass is 167 g/mol. The van der Waals surface area contributed by atoms with Crippen LogP contribution in [0.3, 0.4) is 0 Å².